The first-order valence-electron chi connectivity index (χ1n) is 9.06. The van der Waals surface area contributed by atoms with E-state index in [2.05, 4.69) is 30.8 Å². The van der Waals surface area contributed by atoms with E-state index in [-0.39, 0.29) is 24.1 Å². The molecule has 5 N–H and O–H groups in total. The minimum Gasteiger partial charge on any atom is -0.508 e. The Kier molecular flexibility index (Phi) is 5.21. The Balaban J connectivity index is 1.57. The molecule has 0 bridgehead atoms. The van der Waals surface area contributed by atoms with Crippen LogP contribution in [0.1, 0.15) is 12.1 Å². The van der Waals surface area contributed by atoms with Gasteiger partial charge in [-0.05, 0) is 43.2 Å². The number of halogens is 1. The summed E-state index contributed by atoms with van der Waals surface area (Å²) in [6.45, 7) is 0.102. The molecule has 2 aromatic carbocycles. The summed E-state index contributed by atoms with van der Waals surface area (Å²) in [6.07, 6.45) is 2.36. The van der Waals surface area contributed by atoms with Gasteiger partial charge in [-0.3, -0.25) is 5.10 Å². The highest BCUT2D eigenvalue weighted by atomic mass is 19.1. The first-order valence-corrected chi connectivity index (χ1v) is 9.06. The summed E-state index contributed by atoms with van der Waals surface area (Å²) >= 11 is 0. The van der Waals surface area contributed by atoms with Crippen molar-refractivity contribution in [2.45, 2.75) is 12.8 Å². The SMILES string of the molecule is OCCCc1n[nH]c2ccc(Nc3ncc(F)c(Nc4cccc(O)c4)n3)cc12. The van der Waals surface area contributed by atoms with Crippen LogP contribution in [0.4, 0.5) is 27.5 Å². The third-order valence-corrected chi connectivity index (χ3v) is 4.32. The van der Waals surface area contributed by atoms with Crippen LogP contribution in [-0.4, -0.2) is 37.0 Å². The summed E-state index contributed by atoms with van der Waals surface area (Å²) < 4.78 is 14.1. The molecule has 0 saturated carbocycles. The lowest BCUT2D eigenvalue weighted by Gasteiger charge is -2.10. The van der Waals surface area contributed by atoms with Crippen molar-refractivity contribution in [2.24, 2.45) is 0 Å². The third kappa shape index (κ3) is 4.25. The molecule has 0 aliphatic heterocycles. The number of aromatic amines is 1. The van der Waals surface area contributed by atoms with Crippen molar-refractivity contribution in [3.63, 3.8) is 0 Å². The number of nitrogens with one attached hydrogen (secondary N) is 3. The van der Waals surface area contributed by atoms with Crippen LogP contribution in [0.3, 0.4) is 0 Å². The molecule has 0 unspecified atom stereocenters. The second-order valence-electron chi connectivity index (χ2n) is 6.45. The Bertz CT molecular complexity index is 1150. The first-order chi connectivity index (χ1) is 14.1. The summed E-state index contributed by atoms with van der Waals surface area (Å²) in [5.74, 6) is -0.348. The van der Waals surface area contributed by atoms with Gasteiger partial charge in [-0.2, -0.15) is 10.1 Å². The topological polar surface area (TPSA) is 119 Å². The Morgan fingerprint density at radius 1 is 1.07 bits per heavy atom. The fourth-order valence-electron chi connectivity index (χ4n) is 2.95. The minimum atomic E-state index is -0.615. The molecule has 0 fully saturated rings. The van der Waals surface area contributed by atoms with Gasteiger partial charge in [-0.25, -0.2) is 9.37 Å². The zero-order valence-electron chi connectivity index (χ0n) is 15.4. The Labute approximate surface area is 165 Å². The number of fused-ring (bicyclic) bond motifs is 1. The van der Waals surface area contributed by atoms with E-state index in [9.17, 15) is 9.50 Å². The molecule has 2 heterocycles. The van der Waals surface area contributed by atoms with Crippen LogP contribution in [-0.2, 0) is 6.42 Å². The standard InChI is InChI=1S/C20H19FN6O2/c21-16-11-22-20(25-19(16)23-12-3-1-4-14(29)9-12)24-13-6-7-18-15(10-13)17(26-27-18)5-2-8-28/h1,3-4,6-7,9-11,28-29H,2,5,8H2,(H,26,27)(H2,22,23,24,25). The van der Waals surface area contributed by atoms with Gasteiger partial charge in [0, 0.05) is 29.4 Å². The molecule has 4 rings (SSSR count). The average Bonchev–Trinajstić information content (AvgIpc) is 3.11. The normalized spacial score (nSPS) is 11.0. The minimum absolute atomic E-state index is 0.0128. The van der Waals surface area contributed by atoms with E-state index in [1.807, 2.05) is 18.2 Å². The van der Waals surface area contributed by atoms with Crippen LogP contribution in [0.5, 0.6) is 5.75 Å². The van der Waals surface area contributed by atoms with Crippen molar-refractivity contribution in [2.75, 3.05) is 17.2 Å². The van der Waals surface area contributed by atoms with Crippen LogP contribution in [0.2, 0.25) is 0 Å². The third-order valence-electron chi connectivity index (χ3n) is 4.32. The van der Waals surface area contributed by atoms with Gasteiger partial charge in [-0.15, -0.1) is 0 Å². The maximum atomic E-state index is 14.1. The summed E-state index contributed by atoms with van der Waals surface area (Å²) in [7, 11) is 0. The number of phenolic OH excluding ortho intramolecular Hbond substituents is 1. The number of rotatable bonds is 7. The fourth-order valence-corrected chi connectivity index (χ4v) is 2.95. The lowest BCUT2D eigenvalue weighted by molar-refractivity contribution is 0.288. The smallest absolute Gasteiger partial charge is 0.229 e. The highest BCUT2D eigenvalue weighted by Crippen LogP contribution is 2.25. The Morgan fingerprint density at radius 2 is 1.93 bits per heavy atom. The number of phenols is 1. The predicted octanol–water partition coefficient (Wildman–Crippen LogP) is 3.61. The van der Waals surface area contributed by atoms with E-state index in [0.717, 1.165) is 28.5 Å². The zero-order valence-corrected chi connectivity index (χ0v) is 15.4. The molecular weight excluding hydrogens is 375 g/mol. The molecule has 148 valence electrons. The fraction of sp³-hybridized carbons (Fsp3) is 0.150. The maximum Gasteiger partial charge on any atom is 0.229 e. The van der Waals surface area contributed by atoms with Crippen LogP contribution >= 0.6 is 0 Å². The molecule has 29 heavy (non-hydrogen) atoms. The molecule has 0 saturated heterocycles. The van der Waals surface area contributed by atoms with Crippen molar-refractivity contribution in [1.82, 2.24) is 20.2 Å². The van der Waals surface area contributed by atoms with Gasteiger partial charge in [0.1, 0.15) is 5.75 Å². The van der Waals surface area contributed by atoms with Gasteiger partial charge < -0.3 is 20.8 Å². The van der Waals surface area contributed by atoms with Gasteiger partial charge in [-0.1, -0.05) is 6.07 Å². The molecule has 0 radical (unpaired) electrons. The molecule has 9 heteroatoms. The number of hydrogen-bond acceptors (Lipinski definition) is 7. The van der Waals surface area contributed by atoms with Gasteiger partial charge in [0.05, 0.1) is 17.4 Å². The number of aromatic hydroxyl groups is 1. The van der Waals surface area contributed by atoms with Crippen molar-refractivity contribution in [3.05, 3.63) is 60.2 Å². The summed E-state index contributed by atoms with van der Waals surface area (Å²) in [4.78, 5) is 8.18. The van der Waals surface area contributed by atoms with Crippen LogP contribution in [0.25, 0.3) is 10.9 Å². The van der Waals surface area contributed by atoms with Gasteiger partial charge in [0.2, 0.25) is 5.95 Å². The van der Waals surface area contributed by atoms with Crippen LogP contribution in [0, 0.1) is 5.82 Å². The average molecular weight is 394 g/mol. The number of aromatic nitrogens is 4. The van der Waals surface area contributed by atoms with Crippen molar-refractivity contribution in [1.29, 1.82) is 0 Å². The van der Waals surface area contributed by atoms with Crippen molar-refractivity contribution >= 4 is 34.0 Å². The number of H-pyrrole nitrogens is 1. The number of aliphatic hydroxyl groups excluding tert-OH is 1. The van der Waals surface area contributed by atoms with Crippen molar-refractivity contribution < 1.29 is 14.6 Å². The second-order valence-corrected chi connectivity index (χ2v) is 6.45. The molecule has 0 atom stereocenters. The van der Waals surface area contributed by atoms with E-state index in [1.54, 1.807) is 12.1 Å². The van der Waals surface area contributed by atoms with Gasteiger partial charge in [0.25, 0.3) is 0 Å². The van der Waals surface area contributed by atoms with E-state index >= 15 is 0 Å². The second kappa shape index (κ2) is 8.11. The van der Waals surface area contributed by atoms with E-state index < -0.39 is 5.82 Å². The number of hydrogen-bond donors (Lipinski definition) is 5. The molecule has 0 amide bonds. The Morgan fingerprint density at radius 3 is 2.76 bits per heavy atom. The number of nitrogens with zero attached hydrogens (tertiary/aromatic N) is 3. The highest BCUT2D eigenvalue weighted by Gasteiger charge is 2.10. The predicted molar refractivity (Wildman–Crippen MR) is 108 cm³/mol. The molecule has 2 aromatic heterocycles. The molecular formula is C20H19FN6O2. The quantitative estimate of drug-likeness (QED) is 0.325. The number of benzene rings is 2. The molecule has 8 nitrogen and oxygen atoms in total. The lowest BCUT2D eigenvalue weighted by atomic mass is 10.1. The first kappa shape index (κ1) is 18.6. The van der Waals surface area contributed by atoms with E-state index in [0.29, 0.717) is 18.5 Å². The van der Waals surface area contributed by atoms with Crippen LogP contribution in [0.15, 0.2) is 48.7 Å². The summed E-state index contributed by atoms with van der Waals surface area (Å²) in [5, 5.41) is 32.7. The maximum absolute atomic E-state index is 14.1. The largest absolute Gasteiger partial charge is 0.508 e. The molecule has 4 aromatic rings. The van der Waals surface area contributed by atoms with Gasteiger partial charge in [0.15, 0.2) is 11.6 Å². The lowest BCUT2D eigenvalue weighted by Crippen LogP contribution is -2.03. The van der Waals surface area contributed by atoms with E-state index in [4.69, 9.17) is 5.11 Å². The van der Waals surface area contributed by atoms with E-state index in [1.165, 1.54) is 12.1 Å². The number of aryl methyl sites for hydroxylation is 1. The number of aliphatic hydroxyl groups is 1. The summed E-state index contributed by atoms with van der Waals surface area (Å²) in [6, 6.07) is 11.9. The monoisotopic (exact) mass is 394 g/mol. The molecule has 0 aliphatic carbocycles. The van der Waals surface area contributed by atoms with Crippen LogP contribution < -0.4 is 10.6 Å². The highest BCUT2D eigenvalue weighted by molar-refractivity contribution is 5.85. The molecule has 0 spiro atoms. The van der Waals surface area contributed by atoms with Gasteiger partial charge >= 0.3 is 0 Å². The molecule has 0 aliphatic rings. The van der Waals surface area contributed by atoms with Crippen molar-refractivity contribution in [3.8, 4) is 5.75 Å². The summed E-state index contributed by atoms with van der Waals surface area (Å²) in [5.41, 5.74) is 2.97. The Hall–Kier alpha value is -3.72. The number of anilines is 4. The zero-order chi connectivity index (χ0) is 20.2.